The summed E-state index contributed by atoms with van der Waals surface area (Å²) in [5.41, 5.74) is 0. The molecule has 138 valence electrons. The van der Waals surface area contributed by atoms with Gasteiger partial charge in [0.1, 0.15) is 5.25 Å². The molecule has 0 unspecified atom stereocenters. The van der Waals surface area contributed by atoms with Crippen molar-refractivity contribution in [2.24, 2.45) is 0 Å². The zero-order chi connectivity index (χ0) is 18.7. The largest absolute Gasteiger partial charge is 0.454 e. The molecule has 0 saturated heterocycles. The Morgan fingerprint density at radius 3 is 2.65 bits per heavy atom. The van der Waals surface area contributed by atoms with Gasteiger partial charge in [-0.05, 0) is 23.6 Å². The quantitative estimate of drug-likeness (QED) is 0.725. The molecule has 1 atom stereocenters. The first-order valence-electron chi connectivity index (χ1n) is 7.60. The van der Waals surface area contributed by atoms with Crippen molar-refractivity contribution in [3.63, 3.8) is 0 Å². The van der Waals surface area contributed by atoms with Gasteiger partial charge in [0.25, 0.3) is 0 Å². The summed E-state index contributed by atoms with van der Waals surface area (Å²) in [5.74, 6) is -0.903. The third-order valence-corrected chi connectivity index (χ3v) is 7.00. The van der Waals surface area contributed by atoms with Crippen LogP contribution >= 0.6 is 11.3 Å². The second-order valence-electron chi connectivity index (χ2n) is 5.35. The van der Waals surface area contributed by atoms with Crippen LogP contribution in [0, 0.1) is 0 Å². The Morgan fingerprint density at radius 2 is 1.96 bits per heavy atom. The molecule has 0 spiro atoms. The summed E-state index contributed by atoms with van der Waals surface area (Å²) >= 11 is 1.26. The summed E-state index contributed by atoms with van der Waals surface area (Å²) in [7, 11) is -2.52. The van der Waals surface area contributed by atoms with Gasteiger partial charge in [-0.25, -0.2) is 8.42 Å². The number of hydrogen-bond acceptors (Lipinski definition) is 7. The van der Waals surface area contributed by atoms with Gasteiger partial charge in [0, 0.05) is 24.5 Å². The van der Waals surface area contributed by atoms with Crippen LogP contribution in [0.15, 0.2) is 40.6 Å². The Balaban J connectivity index is 1.90. The monoisotopic (exact) mass is 396 g/mol. The van der Waals surface area contributed by atoms with E-state index in [4.69, 9.17) is 9.47 Å². The minimum absolute atomic E-state index is 0.0371. The van der Waals surface area contributed by atoms with E-state index in [-0.39, 0.29) is 18.2 Å². The van der Waals surface area contributed by atoms with Crippen LogP contribution in [0.25, 0.3) is 0 Å². The number of benzene rings is 1. The Hall–Kier alpha value is -2.59. The summed E-state index contributed by atoms with van der Waals surface area (Å²) in [6.45, 7) is -0.196. The minimum Gasteiger partial charge on any atom is -0.454 e. The number of likely N-dealkylation sites (N-methyl/N-ethyl adjacent to an activating group) is 1. The Labute approximate surface area is 154 Å². The number of ether oxygens (including phenoxy) is 2. The van der Waals surface area contributed by atoms with Gasteiger partial charge >= 0.3 is 11.8 Å². The van der Waals surface area contributed by atoms with Crippen LogP contribution in [0.5, 0.6) is 11.5 Å². The molecule has 1 aliphatic heterocycles. The van der Waals surface area contributed by atoms with E-state index in [2.05, 4.69) is 10.6 Å². The van der Waals surface area contributed by atoms with Gasteiger partial charge in [-0.3, -0.25) is 9.59 Å². The van der Waals surface area contributed by atoms with Crippen LogP contribution in [-0.4, -0.2) is 40.6 Å². The number of carbonyl (C=O) groups is 2. The van der Waals surface area contributed by atoms with Gasteiger partial charge in [-0.15, -0.1) is 11.3 Å². The van der Waals surface area contributed by atoms with E-state index < -0.39 is 26.9 Å². The van der Waals surface area contributed by atoms with Gasteiger partial charge in [-0.1, -0.05) is 6.07 Å². The van der Waals surface area contributed by atoms with Gasteiger partial charge in [0.2, 0.25) is 6.79 Å². The molecule has 2 aromatic rings. The molecule has 10 heteroatoms. The number of nitrogens with one attached hydrogen (secondary N) is 2. The first-order valence-corrected chi connectivity index (χ1v) is 10.0. The molecule has 0 bridgehead atoms. The van der Waals surface area contributed by atoms with E-state index in [1.807, 2.05) is 0 Å². The van der Waals surface area contributed by atoms with Crippen molar-refractivity contribution >= 4 is 33.0 Å². The van der Waals surface area contributed by atoms with Crippen molar-refractivity contribution < 1.29 is 27.5 Å². The number of sulfone groups is 1. The molecular formula is C16H16N2O6S2. The highest BCUT2D eigenvalue weighted by atomic mass is 32.2. The first-order chi connectivity index (χ1) is 12.4. The first kappa shape index (κ1) is 18.2. The maximum Gasteiger partial charge on any atom is 0.309 e. The van der Waals surface area contributed by atoms with E-state index in [1.54, 1.807) is 17.5 Å². The van der Waals surface area contributed by atoms with Gasteiger partial charge in [-0.2, -0.15) is 0 Å². The molecule has 1 aliphatic rings. The van der Waals surface area contributed by atoms with Crippen LogP contribution in [0.3, 0.4) is 0 Å². The second kappa shape index (κ2) is 7.34. The van der Waals surface area contributed by atoms with Crippen molar-refractivity contribution in [2.45, 2.75) is 10.1 Å². The Kier molecular flexibility index (Phi) is 5.14. The third-order valence-electron chi connectivity index (χ3n) is 3.79. The Morgan fingerprint density at radius 1 is 1.19 bits per heavy atom. The predicted molar refractivity (Wildman–Crippen MR) is 93.9 cm³/mol. The van der Waals surface area contributed by atoms with Crippen LogP contribution < -0.4 is 20.1 Å². The fourth-order valence-electron chi connectivity index (χ4n) is 2.44. The molecule has 0 radical (unpaired) electrons. The summed E-state index contributed by atoms with van der Waals surface area (Å²) < 4.78 is 36.7. The van der Waals surface area contributed by atoms with Crippen molar-refractivity contribution in [3.05, 3.63) is 40.6 Å². The Bertz CT molecular complexity index is 924. The standard InChI is InChI=1S/C16H16N2O6S2/c1-17-15(19)16(20)18-8-14(13-3-2-6-25-13)26(21,22)10-4-5-11-12(7-10)24-9-23-11/h2-7,14H,8-9H2,1H3,(H,17,19)(H,18,20)/t14-/m1/s1. The highest BCUT2D eigenvalue weighted by Gasteiger charge is 2.32. The number of hydrogen-bond donors (Lipinski definition) is 2. The lowest BCUT2D eigenvalue weighted by molar-refractivity contribution is -0.138. The molecule has 2 N–H and O–H groups in total. The zero-order valence-electron chi connectivity index (χ0n) is 13.7. The van der Waals surface area contributed by atoms with E-state index in [0.29, 0.717) is 16.4 Å². The molecule has 1 aromatic carbocycles. The van der Waals surface area contributed by atoms with E-state index in [0.717, 1.165) is 0 Å². The van der Waals surface area contributed by atoms with Crippen LogP contribution in [0.4, 0.5) is 0 Å². The van der Waals surface area contributed by atoms with Gasteiger partial charge in [0.15, 0.2) is 21.3 Å². The smallest absolute Gasteiger partial charge is 0.309 e. The molecule has 3 rings (SSSR count). The minimum atomic E-state index is -3.85. The van der Waals surface area contributed by atoms with Gasteiger partial charge < -0.3 is 20.1 Å². The molecule has 2 amide bonds. The lowest BCUT2D eigenvalue weighted by Crippen LogP contribution is -2.40. The molecule has 0 aliphatic carbocycles. The second-order valence-corrected chi connectivity index (χ2v) is 8.46. The lowest BCUT2D eigenvalue weighted by Gasteiger charge is -2.17. The maximum absolute atomic E-state index is 13.1. The average Bonchev–Trinajstić information content (AvgIpc) is 3.31. The van der Waals surface area contributed by atoms with Crippen LogP contribution in [0.2, 0.25) is 0 Å². The number of amides is 2. The molecule has 8 nitrogen and oxygen atoms in total. The van der Waals surface area contributed by atoms with Crippen molar-refractivity contribution in [3.8, 4) is 11.5 Å². The van der Waals surface area contributed by atoms with Crippen molar-refractivity contribution in [2.75, 3.05) is 20.4 Å². The molecule has 0 fully saturated rings. The summed E-state index contributed by atoms with van der Waals surface area (Å²) in [5, 5.41) is 5.28. The van der Waals surface area contributed by atoms with Crippen LogP contribution in [0.1, 0.15) is 10.1 Å². The number of thiophene rings is 1. The fourth-order valence-corrected chi connectivity index (χ4v) is 5.23. The molecule has 26 heavy (non-hydrogen) atoms. The summed E-state index contributed by atoms with van der Waals surface area (Å²) in [6.07, 6.45) is 0. The van der Waals surface area contributed by atoms with Crippen LogP contribution in [-0.2, 0) is 19.4 Å². The number of fused-ring (bicyclic) bond motifs is 1. The number of rotatable bonds is 5. The number of carbonyl (C=O) groups excluding carboxylic acids is 2. The lowest BCUT2D eigenvalue weighted by atomic mass is 10.3. The van der Waals surface area contributed by atoms with Crippen molar-refractivity contribution in [1.82, 2.24) is 10.6 Å². The van der Waals surface area contributed by atoms with E-state index >= 15 is 0 Å². The van der Waals surface area contributed by atoms with Gasteiger partial charge in [0.05, 0.1) is 4.90 Å². The van der Waals surface area contributed by atoms with E-state index in [1.165, 1.54) is 36.6 Å². The normalized spacial score (nSPS) is 13.9. The third kappa shape index (κ3) is 3.51. The molecular weight excluding hydrogens is 380 g/mol. The molecule has 1 aromatic heterocycles. The average molecular weight is 396 g/mol. The summed E-state index contributed by atoms with van der Waals surface area (Å²) in [4.78, 5) is 23.7. The van der Waals surface area contributed by atoms with E-state index in [9.17, 15) is 18.0 Å². The summed E-state index contributed by atoms with van der Waals surface area (Å²) in [6, 6.07) is 7.77. The predicted octanol–water partition coefficient (Wildman–Crippen LogP) is 0.854. The highest BCUT2D eigenvalue weighted by Crippen LogP contribution is 2.38. The van der Waals surface area contributed by atoms with Crippen molar-refractivity contribution in [1.29, 1.82) is 0 Å². The molecule has 2 heterocycles. The maximum atomic E-state index is 13.1. The SMILES string of the molecule is CNC(=O)C(=O)NC[C@H](c1cccs1)S(=O)(=O)c1ccc2c(c1)OCO2. The molecule has 0 saturated carbocycles. The topological polar surface area (TPSA) is 111 Å². The zero-order valence-corrected chi connectivity index (χ0v) is 15.4. The highest BCUT2D eigenvalue weighted by molar-refractivity contribution is 7.91. The fraction of sp³-hybridized carbons (Fsp3) is 0.250.